The SMILES string of the molecule is CC(Nc1ncc(N)cc1Br)c1nn[nH]n1. The van der Waals surface area contributed by atoms with Crippen LogP contribution < -0.4 is 11.1 Å². The lowest BCUT2D eigenvalue weighted by Crippen LogP contribution is -2.10. The zero-order valence-electron chi connectivity index (χ0n) is 8.48. The van der Waals surface area contributed by atoms with Gasteiger partial charge in [0.25, 0.3) is 0 Å². The van der Waals surface area contributed by atoms with Crippen LogP contribution in [0.1, 0.15) is 18.8 Å². The van der Waals surface area contributed by atoms with Crippen LogP contribution in [0.25, 0.3) is 0 Å². The number of anilines is 2. The highest BCUT2D eigenvalue weighted by Gasteiger charge is 2.12. The number of pyridine rings is 1. The van der Waals surface area contributed by atoms with Crippen molar-refractivity contribution in [2.24, 2.45) is 0 Å². The zero-order chi connectivity index (χ0) is 11.5. The molecule has 0 aliphatic carbocycles. The lowest BCUT2D eigenvalue weighted by Gasteiger charge is -2.12. The summed E-state index contributed by atoms with van der Waals surface area (Å²) in [5.74, 6) is 1.26. The van der Waals surface area contributed by atoms with Gasteiger partial charge in [-0.3, -0.25) is 0 Å². The standard InChI is InChI=1S/C8H10BrN7/c1-4(7-13-15-16-14-7)12-8-6(9)2-5(10)3-11-8/h2-4H,10H2,1H3,(H,11,12)(H,13,14,15,16). The van der Waals surface area contributed by atoms with Gasteiger partial charge in [-0.05, 0) is 28.9 Å². The van der Waals surface area contributed by atoms with Gasteiger partial charge >= 0.3 is 0 Å². The minimum Gasteiger partial charge on any atom is -0.397 e. The van der Waals surface area contributed by atoms with E-state index in [2.05, 4.69) is 46.9 Å². The van der Waals surface area contributed by atoms with Crippen molar-refractivity contribution in [2.45, 2.75) is 13.0 Å². The highest BCUT2D eigenvalue weighted by molar-refractivity contribution is 9.10. The molecule has 7 nitrogen and oxygen atoms in total. The summed E-state index contributed by atoms with van der Waals surface area (Å²) < 4.78 is 0.794. The topological polar surface area (TPSA) is 105 Å². The van der Waals surface area contributed by atoms with Crippen LogP contribution in [0.2, 0.25) is 0 Å². The first kappa shape index (κ1) is 10.8. The third kappa shape index (κ3) is 2.27. The van der Waals surface area contributed by atoms with Gasteiger partial charge in [0.15, 0.2) is 5.82 Å². The first-order valence-electron chi connectivity index (χ1n) is 4.57. The predicted molar refractivity (Wildman–Crippen MR) is 62.6 cm³/mol. The van der Waals surface area contributed by atoms with Gasteiger partial charge in [-0.25, -0.2) is 4.98 Å². The molecule has 0 aliphatic heterocycles. The molecule has 1 unspecified atom stereocenters. The van der Waals surface area contributed by atoms with Gasteiger partial charge in [-0.2, -0.15) is 5.21 Å². The molecular formula is C8H10BrN7. The number of nitrogens with two attached hydrogens (primary N) is 1. The highest BCUT2D eigenvalue weighted by atomic mass is 79.9. The number of halogens is 1. The van der Waals surface area contributed by atoms with E-state index in [9.17, 15) is 0 Å². The van der Waals surface area contributed by atoms with Crippen LogP contribution in [0.4, 0.5) is 11.5 Å². The minimum absolute atomic E-state index is 0.0915. The Labute approximate surface area is 100.0 Å². The fraction of sp³-hybridized carbons (Fsp3) is 0.250. The lowest BCUT2D eigenvalue weighted by atomic mass is 10.3. The molecule has 8 heteroatoms. The number of hydrogen-bond donors (Lipinski definition) is 3. The highest BCUT2D eigenvalue weighted by Crippen LogP contribution is 2.24. The van der Waals surface area contributed by atoms with E-state index in [1.807, 2.05) is 6.92 Å². The quantitative estimate of drug-likeness (QED) is 0.779. The van der Waals surface area contributed by atoms with Crippen LogP contribution in [0.5, 0.6) is 0 Å². The van der Waals surface area contributed by atoms with Crippen LogP contribution in [-0.2, 0) is 0 Å². The van der Waals surface area contributed by atoms with Gasteiger partial charge < -0.3 is 11.1 Å². The molecule has 0 amide bonds. The van der Waals surface area contributed by atoms with Crippen molar-refractivity contribution in [3.8, 4) is 0 Å². The minimum atomic E-state index is -0.0915. The van der Waals surface area contributed by atoms with E-state index >= 15 is 0 Å². The normalized spacial score (nSPS) is 12.4. The second kappa shape index (κ2) is 4.44. The van der Waals surface area contributed by atoms with Crippen molar-refractivity contribution in [1.29, 1.82) is 0 Å². The Morgan fingerprint density at radius 1 is 1.56 bits per heavy atom. The molecule has 2 rings (SSSR count). The van der Waals surface area contributed by atoms with E-state index in [0.29, 0.717) is 17.3 Å². The van der Waals surface area contributed by atoms with Gasteiger partial charge in [0.05, 0.1) is 22.4 Å². The number of nitrogens with one attached hydrogen (secondary N) is 2. The second-order valence-corrected chi connectivity index (χ2v) is 4.09. The van der Waals surface area contributed by atoms with Gasteiger partial charge in [0.2, 0.25) is 0 Å². The zero-order valence-corrected chi connectivity index (χ0v) is 10.1. The average Bonchev–Trinajstić information content (AvgIpc) is 2.75. The van der Waals surface area contributed by atoms with E-state index in [4.69, 9.17) is 5.73 Å². The molecular weight excluding hydrogens is 274 g/mol. The summed E-state index contributed by atoms with van der Waals surface area (Å²) in [6.07, 6.45) is 1.58. The number of rotatable bonds is 3. The van der Waals surface area contributed by atoms with Crippen LogP contribution in [0.3, 0.4) is 0 Å². The largest absolute Gasteiger partial charge is 0.397 e. The van der Waals surface area contributed by atoms with Gasteiger partial charge in [0.1, 0.15) is 5.82 Å². The molecule has 2 aromatic rings. The van der Waals surface area contributed by atoms with Crippen molar-refractivity contribution in [3.63, 3.8) is 0 Å². The summed E-state index contributed by atoms with van der Waals surface area (Å²) in [6.45, 7) is 1.91. The smallest absolute Gasteiger partial charge is 0.196 e. The molecule has 0 radical (unpaired) electrons. The molecule has 0 spiro atoms. The second-order valence-electron chi connectivity index (χ2n) is 3.24. The summed E-state index contributed by atoms with van der Waals surface area (Å²) >= 11 is 3.37. The third-order valence-electron chi connectivity index (χ3n) is 1.96. The maximum absolute atomic E-state index is 5.59. The van der Waals surface area contributed by atoms with Gasteiger partial charge in [-0.1, -0.05) is 5.21 Å². The van der Waals surface area contributed by atoms with Crippen LogP contribution in [0.15, 0.2) is 16.7 Å². The maximum Gasteiger partial charge on any atom is 0.196 e. The number of nitrogens with zero attached hydrogens (tertiary/aromatic N) is 4. The molecule has 84 valence electrons. The van der Waals surface area contributed by atoms with Crippen molar-refractivity contribution in [3.05, 3.63) is 22.6 Å². The van der Waals surface area contributed by atoms with Crippen molar-refractivity contribution in [1.82, 2.24) is 25.6 Å². The molecule has 1 atom stereocenters. The molecule has 2 aromatic heterocycles. The number of hydrogen-bond acceptors (Lipinski definition) is 6. The van der Waals surface area contributed by atoms with Gasteiger partial charge in [0, 0.05) is 0 Å². The van der Waals surface area contributed by atoms with E-state index in [0.717, 1.165) is 4.47 Å². The number of aromatic nitrogens is 5. The number of tetrazole rings is 1. The Hall–Kier alpha value is -1.70. The molecule has 2 heterocycles. The average molecular weight is 284 g/mol. The monoisotopic (exact) mass is 283 g/mol. The Bertz CT molecular complexity index is 469. The molecule has 0 saturated heterocycles. The maximum atomic E-state index is 5.59. The van der Waals surface area contributed by atoms with Crippen LogP contribution in [0, 0.1) is 0 Å². The van der Waals surface area contributed by atoms with E-state index < -0.39 is 0 Å². The van der Waals surface area contributed by atoms with Crippen LogP contribution >= 0.6 is 15.9 Å². The molecule has 0 aromatic carbocycles. The molecule has 16 heavy (non-hydrogen) atoms. The Kier molecular flexibility index (Phi) is 3.00. The molecule has 0 fully saturated rings. The van der Waals surface area contributed by atoms with E-state index in [1.54, 1.807) is 12.3 Å². The summed E-state index contributed by atoms with van der Waals surface area (Å²) in [4.78, 5) is 4.16. The molecule has 0 bridgehead atoms. The number of aromatic amines is 1. The fourth-order valence-corrected chi connectivity index (χ4v) is 1.66. The summed E-state index contributed by atoms with van der Waals surface area (Å²) in [5.41, 5.74) is 6.19. The van der Waals surface area contributed by atoms with Gasteiger partial charge in [-0.15, -0.1) is 10.2 Å². The molecule has 0 aliphatic rings. The Morgan fingerprint density at radius 2 is 2.38 bits per heavy atom. The predicted octanol–water partition coefficient (Wildman–Crippen LogP) is 1.11. The summed E-state index contributed by atoms with van der Waals surface area (Å²) in [7, 11) is 0. The molecule has 4 N–H and O–H groups in total. The summed E-state index contributed by atoms with van der Waals surface area (Å²) in [5, 5.41) is 16.8. The summed E-state index contributed by atoms with van der Waals surface area (Å²) in [6, 6.07) is 1.68. The first-order valence-corrected chi connectivity index (χ1v) is 5.37. The fourth-order valence-electron chi connectivity index (χ4n) is 1.18. The lowest BCUT2D eigenvalue weighted by molar-refractivity contribution is 0.787. The Morgan fingerprint density at radius 3 is 3.00 bits per heavy atom. The van der Waals surface area contributed by atoms with E-state index in [1.165, 1.54) is 0 Å². The van der Waals surface area contributed by atoms with E-state index in [-0.39, 0.29) is 6.04 Å². The molecule has 0 saturated carbocycles. The first-order chi connectivity index (χ1) is 7.66. The number of H-pyrrole nitrogens is 1. The number of nitrogen functional groups attached to an aromatic ring is 1. The van der Waals surface area contributed by atoms with Crippen molar-refractivity contribution < 1.29 is 0 Å². The van der Waals surface area contributed by atoms with Crippen LogP contribution in [-0.4, -0.2) is 25.6 Å². The van der Waals surface area contributed by atoms with Crippen molar-refractivity contribution in [2.75, 3.05) is 11.1 Å². The van der Waals surface area contributed by atoms with Crippen molar-refractivity contribution >= 4 is 27.4 Å². The third-order valence-corrected chi connectivity index (χ3v) is 2.57. The Balaban J connectivity index is 2.15.